The Morgan fingerprint density at radius 1 is 1.08 bits per heavy atom. The van der Waals surface area contributed by atoms with Crippen LogP contribution >= 0.6 is 0 Å². The van der Waals surface area contributed by atoms with Gasteiger partial charge in [0.15, 0.2) is 17.3 Å². The molecule has 0 radical (unpaired) electrons. The van der Waals surface area contributed by atoms with E-state index >= 15 is 0 Å². The third-order valence-electron chi connectivity index (χ3n) is 4.25. The molecule has 0 spiro atoms. The average molecular weight is 328 g/mol. The minimum Gasteiger partial charge on any atom is -0.493 e. The molecule has 0 bridgehead atoms. The molecule has 0 N–H and O–H groups in total. The Bertz CT molecular complexity index is 732. The smallest absolute Gasteiger partial charge is 0.203 e. The summed E-state index contributed by atoms with van der Waals surface area (Å²) in [6.45, 7) is 2.01. The molecule has 5 nitrogen and oxygen atoms in total. The molecule has 1 aliphatic carbocycles. The van der Waals surface area contributed by atoms with Gasteiger partial charge in [-0.25, -0.2) is 0 Å². The van der Waals surface area contributed by atoms with Crippen molar-refractivity contribution >= 4 is 5.78 Å². The second kappa shape index (κ2) is 6.43. The van der Waals surface area contributed by atoms with Crippen molar-refractivity contribution in [3.63, 3.8) is 0 Å². The number of Topliss-reactive ketones (excluding diaryl/α,β-unsaturated/α-hetero) is 1. The number of benzene rings is 1. The lowest BCUT2D eigenvalue weighted by Gasteiger charge is -2.19. The zero-order valence-electron chi connectivity index (χ0n) is 14.2. The molecule has 2 unspecified atom stereocenters. The number of methoxy groups -OCH3 is 3. The van der Waals surface area contributed by atoms with E-state index in [0.717, 1.165) is 5.57 Å². The van der Waals surface area contributed by atoms with Crippen LogP contribution in [0.4, 0.5) is 0 Å². The minimum atomic E-state index is -0.115. The third kappa shape index (κ3) is 2.66. The SMILES string of the molecule is COc1cc(C(=O)C2=COC3C=C(C)C=CC23)cc(OC)c1OC. The predicted molar refractivity (Wildman–Crippen MR) is 89.8 cm³/mol. The van der Waals surface area contributed by atoms with Gasteiger partial charge in [0.05, 0.1) is 27.6 Å². The Hall–Kier alpha value is -2.69. The summed E-state index contributed by atoms with van der Waals surface area (Å²) >= 11 is 0. The monoisotopic (exact) mass is 328 g/mol. The highest BCUT2D eigenvalue weighted by Crippen LogP contribution is 2.40. The van der Waals surface area contributed by atoms with Gasteiger partial charge < -0.3 is 18.9 Å². The standard InChI is InChI=1S/C19H20O5/c1-11-5-6-13-14(10-24-15(13)7-11)18(20)12-8-16(21-2)19(23-4)17(9-12)22-3/h5-10,13,15H,1-4H3. The number of ketones is 1. The summed E-state index contributed by atoms with van der Waals surface area (Å²) in [6, 6.07) is 3.32. The van der Waals surface area contributed by atoms with Gasteiger partial charge in [-0.1, -0.05) is 17.7 Å². The van der Waals surface area contributed by atoms with E-state index in [1.807, 2.05) is 25.2 Å². The Kier molecular flexibility index (Phi) is 4.34. The van der Waals surface area contributed by atoms with E-state index in [4.69, 9.17) is 18.9 Å². The number of allylic oxidation sites excluding steroid dienone is 2. The summed E-state index contributed by atoms with van der Waals surface area (Å²) in [5.41, 5.74) is 2.22. The van der Waals surface area contributed by atoms with Gasteiger partial charge in [-0.05, 0) is 25.1 Å². The van der Waals surface area contributed by atoms with Crippen LogP contribution in [0.3, 0.4) is 0 Å². The maximum absolute atomic E-state index is 13.0. The number of fused-ring (bicyclic) bond motifs is 1. The fourth-order valence-electron chi connectivity index (χ4n) is 3.00. The molecule has 0 amide bonds. The molecular weight excluding hydrogens is 308 g/mol. The lowest BCUT2D eigenvalue weighted by atomic mass is 9.86. The molecule has 1 heterocycles. The molecule has 0 aromatic heterocycles. The van der Waals surface area contributed by atoms with Crippen LogP contribution in [-0.2, 0) is 4.74 Å². The van der Waals surface area contributed by atoms with Crippen LogP contribution in [-0.4, -0.2) is 33.2 Å². The van der Waals surface area contributed by atoms with Crippen molar-refractivity contribution in [3.05, 3.63) is 53.3 Å². The predicted octanol–water partition coefficient (Wildman–Crippen LogP) is 3.31. The highest BCUT2D eigenvalue weighted by Gasteiger charge is 2.34. The minimum absolute atomic E-state index is 0.0692. The summed E-state index contributed by atoms with van der Waals surface area (Å²) in [6.07, 6.45) is 7.48. The van der Waals surface area contributed by atoms with Crippen LogP contribution in [0, 0.1) is 5.92 Å². The van der Waals surface area contributed by atoms with Crippen LogP contribution in [0.15, 0.2) is 47.8 Å². The second-order valence-electron chi connectivity index (χ2n) is 5.71. The summed E-state index contributed by atoms with van der Waals surface area (Å²) in [5.74, 6) is 1.18. The highest BCUT2D eigenvalue weighted by atomic mass is 16.5. The molecule has 1 aromatic carbocycles. The van der Waals surface area contributed by atoms with Crippen LogP contribution in [0.2, 0.25) is 0 Å². The normalized spacial score (nSPS) is 21.3. The third-order valence-corrected chi connectivity index (χ3v) is 4.25. The number of carbonyl (C=O) groups is 1. The first-order chi connectivity index (χ1) is 11.6. The average Bonchev–Trinajstić information content (AvgIpc) is 3.02. The number of hydrogen-bond donors (Lipinski definition) is 0. The molecule has 5 heteroatoms. The summed E-state index contributed by atoms with van der Waals surface area (Å²) < 4.78 is 21.6. The van der Waals surface area contributed by atoms with E-state index in [1.54, 1.807) is 18.4 Å². The van der Waals surface area contributed by atoms with Gasteiger partial charge in [0.2, 0.25) is 5.75 Å². The van der Waals surface area contributed by atoms with Gasteiger partial charge in [-0.2, -0.15) is 0 Å². The molecular formula is C19H20O5. The Morgan fingerprint density at radius 2 is 1.75 bits per heavy atom. The molecule has 0 saturated heterocycles. The van der Waals surface area contributed by atoms with Crippen molar-refractivity contribution < 1.29 is 23.7 Å². The first-order valence-corrected chi connectivity index (χ1v) is 7.66. The Balaban J connectivity index is 1.95. The van der Waals surface area contributed by atoms with Crippen molar-refractivity contribution in [2.24, 2.45) is 5.92 Å². The Labute approximate surface area is 141 Å². The topological polar surface area (TPSA) is 54.0 Å². The van der Waals surface area contributed by atoms with Gasteiger partial charge in [0.1, 0.15) is 6.10 Å². The first-order valence-electron chi connectivity index (χ1n) is 7.66. The number of ether oxygens (including phenoxy) is 4. The molecule has 0 fully saturated rings. The van der Waals surface area contributed by atoms with Crippen LogP contribution in [0.5, 0.6) is 17.2 Å². The van der Waals surface area contributed by atoms with Crippen molar-refractivity contribution in [2.75, 3.05) is 21.3 Å². The van der Waals surface area contributed by atoms with Gasteiger partial charge in [-0.3, -0.25) is 4.79 Å². The Morgan fingerprint density at radius 3 is 2.33 bits per heavy atom. The first kappa shape index (κ1) is 16.2. The number of rotatable bonds is 5. The largest absolute Gasteiger partial charge is 0.493 e. The van der Waals surface area contributed by atoms with Gasteiger partial charge in [0, 0.05) is 17.1 Å². The second-order valence-corrected chi connectivity index (χ2v) is 5.71. The van der Waals surface area contributed by atoms with E-state index < -0.39 is 0 Å². The van der Waals surface area contributed by atoms with Crippen molar-refractivity contribution in [3.8, 4) is 17.2 Å². The maximum atomic E-state index is 13.0. The van der Waals surface area contributed by atoms with E-state index in [-0.39, 0.29) is 17.8 Å². The van der Waals surface area contributed by atoms with Crippen molar-refractivity contribution in [1.29, 1.82) is 0 Å². The fraction of sp³-hybridized carbons (Fsp3) is 0.316. The summed E-state index contributed by atoms with van der Waals surface area (Å²) in [4.78, 5) is 13.0. The van der Waals surface area contributed by atoms with Crippen molar-refractivity contribution in [2.45, 2.75) is 13.0 Å². The fourth-order valence-corrected chi connectivity index (χ4v) is 3.00. The van der Waals surface area contributed by atoms with Gasteiger partial charge >= 0.3 is 0 Å². The van der Waals surface area contributed by atoms with E-state index in [1.165, 1.54) is 21.3 Å². The molecule has 1 aliphatic heterocycles. The highest BCUT2D eigenvalue weighted by molar-refractivity contribution is 6.10. The summed E-state index contributed by atoms with van der Waals surface area (Å²) in [5, 5.41) is 0. The van der Waals surface area contributed by atoms with Crippen LogP contribution < -0.4 is 14.2 Å². The molecule has 2 atom stereocenters. The molecule has 2 aliphatic rings. The molecule has 0 saturated carbocycles. The molecule has 3 rings (SSSR count). The zero-order valence-corrected chi connectivity index (χ0v) is 14.2. The van der Waals surface area contributed by atoms with E-state index in [0.29, 0.717) is 28.4 Å². The zero-order chi connectivity index (χ0) is 17.3. The van der Waals surface area contributed by atoms with Gasteiger partial charge in [-0.15, -0.1) is 0 Å². The molecule has 126 valence electrons. The maximum Gasteiger partial charge on any atom is 0.203 e. The molecule has 1 aromatic rings. The lowest BCUT2D eigenvalue weighted by Crippen LogP contribution is -2.20. The molecule has 24 heavy (non-hydrogen) atoms. The lowest BCUT2D eigenvalue weighted by molar-refractivity contribution is 0.102. The van der Waals surface area contributed by atoms with Crippen molar-refractivity contribution in [1.82, 2.24) is 0 Å². The van der Waals surface area contributed by atoms with Gasteiger partial charge in [0.25, 0.3) is 0 Å². The number of carbonyl (C=O) groups excluding carboxylic acids is 1. The number of hydrogen-bond acceptors (Lipinski definition) is 5. The summed E-state index contributed by atoms with van der Waals surface area (Å²) in [7, 11) is 4.58. The van der Waals surface area contributed by atoms with E-state index in [9.17, 15) is 4.79 Å². The van der Waals surface area contributed by atoms with Crippen LogP contribution in [0.25, 0.3) is 0 Å². The van der Waals surface area contributed by atoms with Crippen LogP contribution in [0.1, 0.15) is 17.3 Å². The van der Waals surface area contributed by atoms with E-state index in [2.05, 4.69) is 0 Å². The quantitative estimate of drug-likeness (QED) is 0.776.